The van der Waals surface area contributed by atoms with Crippen LogP contribution in [0.4, 0.5) is 5.69 Å². The molecule has 324 valence electrons. The van der Waals surface area contributed by atoms with E-state index in [0.29, 0.717) is 42.5 Å². The fourth-order valence-electron chi connectivity index (χ4n) is 9.43. The number of carbonyl (C=O) groups excluding carboxylic acids is 5. The number of fused-ring (bicyclic) bond motifs is 1. The van der Waals surface area contributed by atoms with Crippen molar-refractivity contribution >= 4 is 35.2 Å². The summed E-state index contributed by atoms with van der Waals surface area (Å²) in [6.45, 7) is 15.0. The number of aromatic nitrogens is 1. The Balaban J connectivity index is 0.925. The van der Waals surface area contributed by atoms with Crippen LogP contribution in [0.3, 0.4) is 0 Å². The summed E-state index contributed by atoms with van der Waals surface area (Å²) in [5, 5.41) is 5.29. The van der Waals surface area contributed by atoms with Crippen LogP contribution < -0.4 is 21.1 Å². The van der Waals surface area contributed by atoms with E-state index in [2.05, 4.69) is 67.6 Å². The molecule has 5 amide bonds. The average Bonchev–Trinajstić information content (AvgIpc) is 3.50. The molecule has 5 heterocycles. The number of hydrogen-bond donors (Lipinski definition) is 3. The predicted molar refractivity (Wildman–Crippen MR) is 235 cm³/mol. The molecule has 0 bridgehead atoms. The Kier molecular flexibility index (Phi) is 12.5. The van der Waals surface area contributed by atoms with Gasteiger partial charge in [0, 0.05) is 101 Å². The van der Waals surface area contributed by atoms with Gasteiger partial charge in [0.25, 0.3) is 23.3 Å². The lowest BCUT2D eigenvalue weighted by atomic mass is 9.94. The van der Waals surface area contributed by atoms with E-state index < -0.39 is 29.7 Å². The smallest absolute Gasteiger partial charge is 0.262 e. The van der Waals surface area contributed by atoms with Crippen molar-refractivity contribution in [1.29, 1.82) is 0 Å². The molecular weight excluding hydrogens is 787 g/mol. The van der Waals surface area contributed by atoms with Crippen LogP contribution in [0.25, 0.3) is 11.1 Å². The number of rotatable bonds is 12. The summed E-state index contributed by atoms with van der Waals surface area (Å²) in [4.78, 5) is 88.4. The number of benzene rings is 3. The van der Waals surface area contributed by atoms with Gasteiger partial charge in [-0.05, 0) is 111 Å². The number of piperazine rings is 1. The fraction of sp³-hybridized carbons (Fsp3) is 0.417. The quantitative estimate of drug-likeness (QED) is 0.172. The minimum atomic E-state index is -0.984. The third-order valence-electron chi connectivity index (χ3n) is 12.9. The maximum Gasteiger partial charge on any atom is 0.262 e. The predicted octanol–water partition coefficient (Wildman–Crippen LogP) is 4.62. The molecule has 1 atom stereocenters. The monoisotopic (exact) mass is 841 g/mol. The zero-order valence-corrected chi connectivity index (χ0v) is 36.0. The Labute approximate surface area is 361 Å². The summed E-state index contributed by atoms with van der Waals surface area (Å²) in [5.41, 5.74) is 9.15. The van der Waals surface area contributed by atoms with Gasteiger partial charge in [0.05, 0.1) is 11.1 Å². The van der Waals surface area contributed by atoms with Crippen molar-refractivity contribution < 1.29 is 28.7 Å². The third-order valence-corrected chi connectivity index (χ3v) is 12.9. The van der Waals surface area contributed by atoms with Crippen molar-refractivity contribution in [3.63, 3.8) is 0 Å². The zero-order valence-electron chi connectivity index (χ0n) is 36.0. The molecule has 1 aromatic heterocycles. The summed E-state index contributed by atoms with van der Waals surface area (Å²) in [7, 11) is 0. The molecule has 0 radical (unpaired) electrons. The van der Waals surface area contributed by atoms with Gasteiger partial charge in [0.15, 0.2) is 0 Å². The number of nitrogens with zero attached hydrogens (tertiary/aromatic N) is 4. The molecule has 3 aromatic carbocycles. The van der Waals surface area contributed by atoms with Crippen LogP contribution in [0.15, 0.2) is 65.5 Å². The number of pyridine rings is 1. The third kappa shape index (κ3) is 8.85. The van der Waals surface area contributed by atoms with Crippen LogP contribution >= 0.6 is 0 Å². The second-order valence-corrected chi connectivity index (χ2v) is 17.0. The van der Waals surface area contributed by atoms with E-state index in [1.165, 1.54) is 5.56 Å². The topological polar surface area (TPSA) is 164 Å². The molecule has 1 unspecified atom stereocenters. The number of H-pyrrole nitrogens is 1. The minimum absolute atomic E-state index is 0.0834. The van der Waals surface area contributed by atoms with Crippen LogP contribution in [0.5, 0.6) is 0 Å². The molecule has 0 spiro atoms. The van der Waals surface area contributed by atoms with E-state index in [-0.39, 0.29) is 36.4 Å². The maximum atomic E-state index is 14.0. The van der Waals surface area contributed by atoms with E-state index in [1.54, 1.807) is 12.1 Å². The number of aryl methyl sites for hydroxylation is 2. The lowest BCUT2D eigenvalue weighted by molar-refractivity contribution is -0.136. The molecular formula is C48H55N7O7. The van der Waals surface area contributed by atoms with Crippen molar-refractivity contribution in [3.05, 3.63) is 121 Å². The van der Waals surface area contributed by atoms with Gasteiger partial charge < -0.3 is 19.9 Å². The van der Waals surface area contributed by atoms with Crippen molar-refractivity contribution in [2.45, 2.75) is 85.1 Å². The van der Waals surface area contributed by atoms with Crippen molar-refractivity contribution in [2.24, 2.45) is 0 Å². The maximum absolute atomic E-state index is 14.0. The minimum Gasteiger partial charge on any atom is -0.381 e. The summed E-state index contributed by atoms with van der Waals surface area (Å²) in [5.74, 6) is -2.23. The molecule has 4 aromatic rings. The van der Waals surface area contributed by atoms with Gasteiger partial charge >= 0.3 is 0 Å². The SMILES string of the molecule is CCN(c1cc(-c2ccc(CN3CCN(Cc4ccc5c(c4)C(=O)N(C4CCC(=O)NC4=O)C5=O)CC3)cc2)cc(C(=O)NCc2c(C)cc(C)[nH]c2=O)c1C)C1CCOCC1. The van der Waals surface area contributed by atoms with Crippen molar-refractivity contribution in [3.8, 4) is 11.1 Å². The second kappa shape index (κ2) is 18.2. The number of aromatic amines is 1. The Bertz CT molecular complexity index is 2470. The molecule has 4 aliphatic heterocycles. The average molecular weight is 842 g/mol. The van der Waals surface area contributed by atoms with Gasteiger partial charge in [0.1, 0.15) is 6.04 Å². The van der Waals surface area contributed by atoms with Gasteiger partial charge in [-0.15, -0.1) is 0 Å². The first-order chi connectivity index (χ1) is 29.9. The van der Waals surface area contributed by atoms with Gasteiger partial charge in [-0.2, -0.15) is 0 Å². The highest BCUT2D eigenvalue weighted by molar-refractivity contribution is 6.23. The zero-order chi connectivity index (χ0) is 43.7. The molecule has 8 rings (SSSR count). The van der Waals surface area contributed by atoms with E-state index in [9.17, 15) is 28.8 Å². The number of nitrogens with one attached hydrogen (secondary N) is 3. The van der Waals surface area contributed by atoms with Gasteiger partial charge in [-0.25, -0.2) is 0 Å². The highest BCUT2D eigenvalue weighted by atomic mass is 16.5. The molecule has 14 heteroatoms. The highest BCUT2D eigenvalue weighted by Gasteiger charge is 2.44. The molecule has 3 saturated heterocycles. The first kappa shape index (κ1) is 42.7. The molecule has 0 saturated carbocycles. The van der Waals surface area contributed by atoms with E-state index >= 15 is 0 Å². The second-order valence-electron chi connectivity index (χ2n) is 17.0. The van der Waals surface area contributed by atoms with Crippen LogP contribution in [-0.4, -0.2) is 107 Å². The molecule has 0 aliphatic carbocycles. The van der Waals surface area contributed by atoms with Crippen LogP contribution in [0.2, 0.25) is 0 Å². The van der Waals surface area contributed by atoms with Crippen molar-refractivity contribution in [2.75, 3.05) is 50.8 Å². The standard InChI is InChI=1S/C48H55N7O7/c1-5-54(36-14-20-62-21-15-36)42-25-35(24-38(31(42)4)44(57)49-26-40-29(2)22-30(3)50-45(40)58)34-9-6-32(7-10-34)27-52-16-18-53(19-17-52)28-33-8-11-37-39(23-33)48(61)55(47(37)60)41-12-13-43(56)51-46(41)59/h6-11,22-25,36,41H,5,12-21,26-28H2,1-4H3,(H,49,57)(H,50,58)(H,51,56,59). The van der Waals surface area contributed by atoms with Crippen molar-refractivity contribution in [1.82, 2.24) is 30.3 Å². The van der Waals surface area contributed by atoms with E-state index in [4.69, 9.17) is 4.74 Å². The van der Waals surface area contributed by atoms with Crippen LogP contribution in [0, 0.1) is 20.8 Å². The number of ether oxygens (including phenoxy) is 1. The first-order valence-corrected chi connectivity index (χ1v) is 21.7. The number of piperidine rings is 1. The summed E-state index contributed by atoms with van der Waals surface area (Å²) in [6.07, 6.45) is 2.05. The Morgan fingerprint density at radius 1 is 0.790 bits per heavy atom. The Morgan fingerprint density at radius 3 is 2.11 bits per heavy atom. The first-order valence-electron chi connectivity index (χ1n) is 21.7. The summed E-state index contributed by atoms with van der Waals surface area (Å²) in [6, 6.07) is 19.3. The van der Waals surface area contributed by atoms with Crippen LogP contribution in [0.1, 0.15) is 97.2 Å². The van der Waals surface area contributed by atoms with Gasteiger partial charge in [-0.1, -0.05) is 30.3 Å². The van der Waals surface area contributed by atoms with E-state index in [1.807, 2.05) is 39.0 Å². The number of anilines is 1. The number of hydrogen-bond acceptors (Lipinski definition) is 10. The molecule has 3 N–H and O–H groups in total. The number of imide groups is 2. The number of carbonyl (C=O) groups is 5. The molecule has 4 aliphatic rings. The largest absolute Gasteiger partial charge is 0.381 e. The molecule has 62 heavy (non-hydrogen) atoms. The molecule has 14 nitrogen and oxygen atoms in total. The molecule has 3 fully saturated rings. The summed E-state index contributed by atoms with van der Waals surface area (Å²) >= 11 is 0. The lowest BCUT2D eigenvalue weighted by Gasteiger charge is -2.37. The fourth-order valence-corrected chi connectivity index (χ4v) is 9.43. The van der Waals surface area contributed by atoms with E-state index in [0.717, 1.165) is 96.2 Å². The normalized spacial score (nSPS) is 18.8. The van der Waals surface area contributed by atoms with Gasteiger partial charge in [-0.3, -0.25) is 48.8 Å². The van der Waals surface area contributed by atoms with Crippen LogP contribution in [-0.2, 0) is 34.0 Å². The highest BCUT2D eigenvalue weighted by Crippen LogP contribution is 2.35. The lowest BCUT2D eigenvalue weighted by Crippen LogP contribution is -2.54. The van der Waals surface area contributed by atoms with Gasteiger partial charge in [0.2, 0.25) is 11.8 Å². The summed E-state index contributed by atoms with van der Waals surface area (Å²) < 4.78 is 5.69. The number of amides is 5. The Hall–Kier alpha value is -5.96. The Morgan fingerprint density at radius 2 is 1.45 bits per heavy atom.